The molecule has 0 fully saturated rings. The molecule has 3 N–H and O–H groups in total. The molecule has 0 radical (unpaired) electrons. The zero-order valence-electron chi connectivity index (χ0n) is 7.42. The van der Waals surface area contributed by atoms with E-state index in [0.717, 1.165) is 13.0 Å². The van der Waals surface area contributed by atoms with Crippen LogP contribution in [0.2, 0.25) is 0 Å². The molecule has 0 amide bonds. The predicted molar refractivity (Wildman–Crippen MR) is 46.0 cm³/mol. The fourth-order valence-corrected chi connectivity index (χ4v) is 0.814. The summed E-state index contributed by atoms with van der Waals surface area (Å²) < 4.78 is 0. The van der Waals surface area contributed by atoms with Crippen molar-refractivity contribution in [2.75, 3.05) is 13.2 Å². The number of aliphatic hydroxyl groups excluding tert-OH is 1. The average molecular weight is 175 g/mol. The molecule has 4 heteroatoms. The van der Waals surface area contributed by atoms with Crippen LogP contribution in [0.5, 0.6) is 0 Å². The fraction of sp³-hybridized carbons (Fsp3) is 0.875. The molecule has 0 aromatic rings. The Bertz CT molecular complexity index is 127. The number of aliphatic hydroxyl groups is 1. The second-order valence-corrected chi connectivity index (χ2v) is 2.89. The number of hydrogen-bond acceptors (Lipinski definition) is 3. The molecule has 1 unspecified atom stereocenters. The van der Waals surface area contributed by atoms with Gasteiger partial charge >= 0.3 is 5.97 Å². The van der Waals surface area contributed by atoms with Crippen molar-refractivity contribution in [1.29, 1.82) is 0 Å². The first kappa shape index (κ1) is 11.4. The van der Waals surface area contributed by atoms with E-state index in [0.29, 0.717) is 6.42 Å². The maximum atomic E-state index is 10.1. The quantitative estimate of drug-likeness (QED) is 0.484. The van der Waals surface area contributed by atoms with Crippen LogP contribution in [-0.2, 0) is 4.79 Å². The van der Waals surface area contributed by atoms with Gasteiger partial charge in [0.25, 0.3) is 0 Å². The monoisotopic (exact) mass is 175 g/mol. The number of carbonyl (C=O) groups is 1. The van der Waals surface area contributed by atoms with Crippen LogP contribution >= 0.6 is 0 Å². The minimum absolute atomic E-state index is 0.106. The summed E-state index contributed by atoms with van der Waals surface area (Å²) in [5.74, 6) is -0.745. The van der Waals surface area contributed by atoms with E-state index in [1.165, 1.54) is 0 Å². The van der Waals surface area contributed by atoms with Gasteiger partial charge in [-0.1, -0.05) is 0 Å². The number of carboxylic acids is 1. The molecule has 0 aliphatic heterocycles. The number of carboxylic acid groups (broad SMARTS) is 1. The van der Waals surface area contributed by atoms with Gasteiger partial charge in [-0.25, -0.2) is 0 Å². The highest BCUT2D eigenvalue weighted by atomic mass is 16.4. The lowest BCUT2D eigenvalue weighted by Crippen LogP contribution is -2.30. The standard InChI is InChI=1S/C8H17NO3/c1-7(6-10)9-5-3-2-4-8(11)12/h7,9-10H,2-6H2,1H3,(H,11,12). The first-order chi connectivity index (χ1) is 5.66. The van der Waals surface area contributed by atoms with Crippen LogP contribution < -0.4 is 5.32 Å². The molecule has 0 aromatic carbocycles. The van der Waals surface area contributed by atoms with Crippen molar-refractivity contribution in [3.05, 3.63) is 0 Å². The van der Waals surface area contributed by atoms with E-state index in [-0.39, 0.29) is 19.1 Å². The molecule has 0 rings (SSSR count). The second-order valence-electron chi connectivity index (χ2n) is 2.89. The maximum absolute atomic E-state index is 10.1. The van der Waals surface area contributed by atoms with E-state index in [4.69, 9.17) is 10.2 Å². The van der Waals surface area contributed by atoms with Crippen molar-refractivity contribution >= 4 is 5.97 Å². The normalized spacial score (nSPS) is 12.8. The average Bonchev–Trinajstić information content (AvgIpc) is 2.03. The molecule has 0 aromatic heterocycles. The summed E-state index contributed by atoms with van der Waals surface area (Å²) in [6, 6.07) is 0.106. The van der Waals surface area contributed by atoms with Crippen molar-refractivity contribution in [1.82, 2.24) is 5.32 Å². The van der Waals surface area contributed by atoms with Crippen molar-refractivity contribution < 1.29 is 15.0 Å². The largest absolute Gasteiger partial charge is 0.481 e. The first-order valence-corrected chi connectivity index (χ1v) is 4.23. The molecule has 4 nitrogen and oxygen atoms in total. The van der Waals surface area contributed by atoms with Gasteiger partial charge in [0.1, 0.15) is 0 Å². The maximum Gasteiger partial charge on any atom is 0.303 e. The molecule has 1 atom stereocenters. The predicted octanol–water partition coefficient (Wildman–Crippen LogP) is 0.212. The zero-order chi connectivity index (χ0) is 9.40. The third kappa shape index (κ3) is 7.50. The number of unbranched alkanes of at least 4 members (excludes halogenated alkanes) is 1. The molecule has 0 aliphatic carbocycles. The van der Waals surface area contributed by atoms with Gasteiger partial charge in [-0.2, -0.15) is 0 Å². The van der Waals surface area contributed by atoms with Crippen molar-refractivity contribution in [3.63, 3.8) is 0 Å². The summed E-state index contributed by atoms with van der Waals surface area (Å²) in [7, 11) is 0. The Hall–Kier alpha value is -0.610. The lowest BCUT2D eigenvalue weighted by molar-refractivity contribution is -0.137. The van der Waals surface area contributed by atoms with E-state index in [9.17, 15) is 4.79 Å². The van der Waals surface area contributed by atoms with Gasteiger partial charge in [0.2, 0.25) is 0 Å². The molecule has 72 valence electrons. The zero-order valence-corrected chi connectivity index (χ0v) is 7.42. The van der Waals surface area contributed by atoms with Gasteiger partial charge in [-0.05, 0) is 26.3 Å². The Morgan fingerprint density at radius 2 is 2.17 bits per heavy atom. The van der Waals surface area contributed by atoms with E-state index < -0.39 is 5.97 Å². The molecular formula is C8H17NO3. The summed E-state index contributed by atoms with van der Waals surface area (Å²) in [6.45, 7) is 2.78. The summed E-state index contributed by atoms with van der Waals surface area (Å²) in [5.41, 5.74) is 0. The minimum Gasteiger partial charge on any atom is -0.481 e. The number of nitrogens with one attached hydrogen (secondary N) is 1. The number of hydrogen-bond donors (Lipinski definition) is 3. The van der Waals surface area contributed by atoms with Crippen LogP contribution in [0.3, 0.4) is 0 Å². The first-order valence-electron chi connectivity index (χ1n) is 4.23. The molecule has 0 saturated heterocycles. The van der Waals surface area contributed by atoms with Crippen LogP contribution in [-0.4, -0.2) is 35.4 Å². The highest BCUT2D eigenvalue weighted by Gasteiger charge is 1.98. The Balaban J connectivity index is 3.05. The molecule has 0 bridgehead atoms. The van der Waals surface area contributed by atoms with Gasteiger partial charge in [0.15, 0.2) is 0 Å². The van der Waals surface area contributed by atoms with Crippen LogP contribution in [0, 0.1) is 0 Å². The van der Waals surface area contributed by atoms with Crippen molar-refractivity contribution in [3.8, 4) is 0 Å². The minimum atomic E-state index is -0.745. The molecular weight excluding hydrogens is 158 g/mol. The highest BCUT2D eigenvalue weighted by molar-refractivity contribution is 5.66. The van der Waals surface area contributed by atoms with Gasteiger partial charge in [0.05, 0.1) is 6.61 Å². The fourth-order valence-electron chi connectivity index (χ4n) is 0.814. The van der Waals surface area contributed by atoms with Gasteiger partial charge in [-0.3, -0.25) is 4.79 Å². The van der Waals surface area contributed by atoms with Crippen LogP contribution in [0.15, 0.2) is 0 Å². The molecule has 0 saturated carbocycles. The third-order valence-electron chi connectivity index (χ3n) is 1.58. The molecule has 0 heterocycles. The third-order valence-corrected chi connectivity index (χ3v) is 1.58. The van der Waals surface area contributed by atoms with Gasteiger partial charge in [-0.15, -0.1) is 0 Å². The van der Waals surface area contributed by atoms with Crippen LogP contribution in [0.4, 0.5) is 0 Å². The van der Waals surface area contributed by atoms with Gasteiger partial charge in [0, 0.05) is 12.5 Å². The molecule has 0 spiro atoms. The lowest BCUT2D eigenvalue weighted by Gasteiger charge is -2.09. The Kier molecular flexibility index (Phi) is 6.70. The highest BCUT2D eigenvalue weighted by Crippen LogP contribution is 1.93. The summed E-state index contributed by atoms with van der Waals surface area (Å²) in [4.78, 5) is 10.1. The van der Waals surface area contributed by atoms with E-state index >= 15 is 0 Å². The van der Waals surface area contributed by atoms with Gasteiger partial charge < -0.3 is 15.5 Å². The van der Waals surface area contributed by atoms with E-state index in [1.54, 1.807) is 0 Å². The number of aliphatic carboxylic acids is 1. The van der Waals surface area contributed by atoms with E-state index in [2.05, 4.69) is 5.32 Å². The second kappa shape index (κ2) is 7.06. The van der Waals surface area contributed by atoms with Crippen molar-refractivity contribution in [2.45, 2.75) is 32.2 Å². The van der Waals surface area contributed by atoms with E-state index in [1.807, 2.05) is 6.92 Å². The summed E-state index contributed by atoms with van der Waals surface area (Å²) in [6.07, 6.45) is 1.77. The summed E-state index contributed by atoms with van der Waals surface area (Å²) >= 11 is 0. The van der Waals surface area contributed by atoms with Crippen LogP contribution in [0.1, 0.15) is 26.2 Å². The summed E-state index contributed by atoms with van der Waals surface area (Å²) in [5, 5.41) is 20.0. The Labute approximate surface area is 72.6 Å². The Morgan fingerprint density at radius 3 is 2.67 bits per heavy atom. The molecule has 0 aliphatic rings. The smallest absolute Gasteiger partial charge is 0.303 e. The van der Waals surface area contributed by atoms with Crippen LogP contribution in [0.25, 0.3) is 0 Å². The SMILES string of the molecule is CC(CO)NCCCCC(=O)O. The lowest BCUT2D eigenvalue weighted by atomic mass is 10.2. The Morgan fingerprint density at radius 1 is 1.50 bits per heavy atom. The number of rotatable bonds is 7. The topological polar surface area (TPSA) is 69.6 Å². The molecule has 12 heavy (non-hydrogen) atoms. The van der Waals surface area contributed by atoms with Crippen molar-refractivity contribution in [2.24, 2.45) is 0 Å².